The van der Waals surface area contributed by atoms with Crippen LogP contribution in [-0.2, 0) is 10.0 Å². The van der Waals surface area contributed by atoms with Crippen molar-refractivity contribution in [2.75, 3.05) is 17.7 Å². The summed E-state index contributed by atoms with van der Waals surface area (Å²) < 4.78 is 53.0. The number of hydrogen-bond acceptors (Lipinski definition) is 4. The van der Waals surface area contributed by atoms with Gasteiger partial charge in [-0.05, 0) is 18.7 Å². The third-order valence-electron chi connectivity index (χ3n) is 2.52. The lowest BCUT2D eigenvalue weighted by Crippen LogP contribution is -2.36. The summed E-state index contributed by atoms with van der Waals surface area (Å²) in [5, 5.41) is 0. The van der Waals surface area contributed by atoms with Crippen LogP contribution in [0.1, 0.15) is 13.3 Å². The average molecular weight is 310 g/mol. The number of nitrogen functional groups attached to an aromatic ring is 1. The number of rotatable bonds is 6. The summed E-state index contributed by atoms with van der Waals surface area (Å²) in [4.78, 5) is -0.633. The molecule has 0 saturated carbocycles. The summed E-state index contributed by atoms with van der Waals surface area (Å²) in [7, 11) is -4.05. The number of anilines is 1. The maximum Gasteiger partial charge on any atom is 0.243 e. The van der Waals surface area contributed by atoms with Gasteiger partial charge in [-0.15, -0.1) is 0 Å². The molecule has 0 bridgehead atoms. The zero-order valence-corrected chi connectivity index (χ0v) is 12.2. The Kier molecular flexibility index (Phi) is 5.57. The van der Waals surface area contributed by atoms with Crippen LogP contribution in [0.5, 0.6) is 0 Å². The minimum Gasteiger partial charge on any atom is -0.396 e. The predicted octanol–water partition coefficient (Wildman–Crippen LogP) is 1.97. The molecule has 0 amide bonds. The molecule has 0 heterocycles. The van der Waals surface area contributed by atoms with E-state index in [-0.39, 0.29) is 6.04 Å². The zero-order valence-electron chi connectivity index (χ0n) is 10.6. The zero-order chi connectivity index (χ0) is 14.6. The molecule has 8 heteroatoms. The second-order valence-electron chi connectivity index (χ2n) is 3.99. The molecule has 0 fully saturated rings. The average Bonchev–Trinajstić information content (AvgIpc) is 2.32. The molecule has 0 radical (unpaired) electrons. The van der Waals surface area contributed by atoms with Crippen molar-refractivity contribution < 1.29 is 17.2 Å². The number of thioether (sulfide) groups is 1. The molecule has 0 spiro atoms. The molecule has 0 aliphatic heterocycles. The summed E-state index contributed by atoms with van der Waals surface area (Å²) in [6.07, 6.45) is 2.41. The summed E-state index contributed by atoms with van der Waals surface area (Å²) in [6, 6.07) is 0.948. The second kappa shape index (κ2) is 6.53. The SMILES string of the molecule is CCC(CSC)NS(=O)(=O)c1cc(N)c(F)cc1F. The molecule has 19 heavy (non-hydrogen) atoms. The molecular formula is C11H16F2N2O2S2. The highest BCUT2D eigenvalue weighted by Crippen LogP contribution is 2.21. The maximum absolute atomic E-state index is 13.5. The molecular weight excluding hydrogens is 294 g/mol. The molecule has 1 unspecified atom stereocenters. The van der Waals surface area contributed by atoms with Crippen molar-refractivity contribution in [3.8, 4) is 0 Å². The minimum atomic E-state index is -4.05. The summed E-state index contributed by atoms with van der Waals surface area (Å²) in [6.45, 7) is 1.82. The van der Waals surface area contributed by atoms with E-state index < -0.39 is 32.2 Å². The highest BCUT2D eigenvalue weighted by atomic mass is 32.2. The van der Waals surface area contributed by atoms with Crippen LogP contribution in [0.15, 0.2) is 17.0 Å². The molecule has 4 nitrogen and oxygen atoms in total. The number of sulfonamides is 1. The van der Waals surface area contributed by atoms with Gasteiger partial charge in [-0.2, -0.15) is 11.8 Å². The largest absolute Gasteiger partial charge is 0.396 e. The van der Waals surface area contributed by atoms with E-state index in [4.69, 9.17) is 5.73 Å². The molecule has 3 N–H and O–H groups in total. The lowest BCUT2D eigenvalue weighted by atomic mass is 10.3. The first-order chi connectivity index (χ1) is 8.81. The molecule has 108 valence electrons. The molecule has 1 aromatic carbocycles. The predicted molar refractivity (Wildman–Crippen MR) is 73.6 cm³/mol. The van der Waals surface area contributed by atoms with E-state index in [0.717, 1.165) is 6.07 Å². The van der Waals surface area contributed by atoms with Crippen LogP contribution >= 0.6 is 11.8 Å². The molecule has 0 aromatic heterocycles. The number of hydrogen-bond donors (Lipinski definition) is 2. The third-order valence-corrected chi connectivity index (χ3v) is 4.79. The Morgan fingerprint density at radius 3 is 2.53 bits per heavy atom. The Morgan fingerprint density at radius 2 is 2.00 bits per heavy atom. The van der Waals surface area contributed by atoms with Gasteiger partial charge in [0.05, 0.1) is 5.69 Å². The maximum atomic E-state index is 13.5. The minimum absolute atomic E-state index is 0.314. The van der Waals surface area contributed by atoms with Crippen LogP contribution in [0.4, 0.5) is 14.5 Å². The highest BCUT2D eigenvalue weighted by molar-refractivity contribution is 7.98. The van der Waals surface area contributed by atoms with E-state index in [2.05, 4.69) is 4.72 Å². The smallest absolute Gasteiger partial charge is 0.243 e. The van der Waals surface area contributed by atoms with Gasteiger partial charge in [0.1, 0.15) is 16.5 Å². The molecule has 0 aliphatic carbocycles. The summed E-state index contributed by atoms with van der Waals surface area (Å²) in [5.74, 6) is -1.57. The number of nitrogens with two attached hydrogens (primary N) is 1. The summed E-state index contributed by atoms with van der Waals surface area (Å²) in [5.41, 5.74) is 4.87. The molecule has 1 atom stereocenters. The number of nitrogens with one attached hydrogen (secondary N) is 1. The Hall–Kier alpha value is -0.860. The van der Waals surface area contributed by atoms with Crippen LogP contribution < -0.4 is 10.5 Å². The van der Waals surface area contributed by atoms with Crippen molar-refractivity contribution in [1.82, 2.24) is 4.72 Å². The van der Waals surface area contributed by atoms with Crippen molar-refractivity contribution in [3.05, 3.63) is 23.8 Å². The van der Waals surface area contributed by atoms with E-state index in [9.17, 15) is 17.2 Å². The Bertz CT molecular complexity index is 550. The van der Waals surface area contributed by atoms with Crippen molar-refractivity contribution in [3.63, 3.8) is 0 Å². The molecule has 0 aliphatic rings. The first-order valence-electron chi connectivity index (χ1n) is 5.57. The van der Waals surface area contributed by atoms with Gasteiger partial charge < -0.3 is 5.73 Å². The van der Waals surface area contributed by atoms with Crippen LogP contribution in [0, 0.1) is 11.6 Å². The fourth-order valence-electron chi connectivity index (χ4n) is 1.47. The number of halogens is 2. The lowest BCUT2D eigenvalue weighted by molar-refractivity contribution is 0.534. The van der Waals surface area contributed by atoms with Gasteiger partial charge >= 0.3 is 0 Å². The third kappa shape index (κ3) is 4.05. The molecule has 1 rings (SSSR count). The Labute approximate surface area is 115 Å². The van der Waals surface area contributed by atoms with Gasteiger partial charge in [-0.3, -0.25) is 0 Å². The van der Waals surface area contributed by atoms with E-state index in [1.165, 1.54) is 11.8 Å². The normalized spacial score (nSPS) is 13.5. The van der Waals surface area contributed by atoms with E-state index >= 15 is 0 Å². The van der Waals surface area contributed by atoms with E-state index in [0.29, 0.717) is 18.2 Å². The van der Waals surface area contributed by atoms with Gasteiger partial charge in [0.15, 0.2) is 0 Å². The quantitative estimate of drug-likeness (QED) is 0.788. The first kappa shape index (κ1) is 16.2. The fourth-order valence-corrected chi connectivity index (χ4v) is 3.71. The Balaban J connectivity index is 3.10. The van der Waals surface area contributed by atoms with Gasteiger partial charge in [-0.1, -0.05) is 6.92 Å². The topological polar surface area (TPSA) is 72.2 Å². The van der Waals surface area contributed by atoms with Crippen LogP contribution in [-0.4, -0.2) is 26.5 Å². The van der Waals surface area contributed by atoms with Crippen LogP contribution in [0.2, 0.25) is 0 Å². The van der Waals surface area contributed by atoms with E-state index in [1.54, 1.807) is 0 Å². The fraction of sp³-hybridized carbons (Fsp3) is 0.455. The lowest BCUT2D eigenvalue weighted by Gasteiger charge is -2.16. The summed E-state index contributed by atoms with van der Waals surface area (Å²) >= 11 is 1.47. The van der Waals surface area contributed by atoms with Crippen molar-refractivity contribution in [1.29, 1.82) is 0 Å². The number of benzene rings is 1. The van der Waals surface area contributed by atoms with Gasteiger partial charge in [0.25, 0.3) is 0 Å². The highest BCUT2D eigenvalue weighted by Gasteiger charge is 2.23. The standard InChI is InChI=1S/C11H16F2N2O2S2/c1-3-7(6-18-2)15-19(16,17)11-5-10(14)8(12)4-9(11)13/h4-5,7,15H,3,6,14H2,1-2H3. The Morgan fingerprint density at radius 1 is 1.37 bits per heavy atom. The van der Waals surface area contributed by atoms with Gasteiger partial charge in [0.2, 0.25) is 10.0 Å². The van der Waals surface area contributed by atoms with Crippen molar-refractivity contribution >= 4 is 27.5 Å². The van der Waals surface area contributed by atoms with Crippen LogP contribution in [0.3, 0.4) is 0 Å². The molecule has 1 aromatic rings. The second-order valence-corrected chi connectivity index (χ2v) is 6.58. The van der Waals surface area contributed by atoms with Gasteiger partial charge in [0, 0.05) is 17.9 Å². The first-order valence-corrected chi connectivity index (χ1v) is 8.45. The van der Waals surface area contributed by atoms with Gasteiger partial charge in [-0.25, -0.2) is 21.9 Å². The van der Waals surface area contributed by atoms with Crippen molar-refractivity contribution in [2.24, 2.45) is 0 Å². The van der Waals surface area contributed by atoms with E-state index in [1.807, 2.05) is 13.2 Å². The van der Waals surface area contributed by atoms with Crippen LogP contribution in [0.25, 0.3) is 0 Å². The molecule has 0 saturated heterocycles. The van der Waals surface area contributed by atoms with Crippen molar-refractivity contribution in [2.45, 2.75) is 24.3 Å². The monoisotopic (exact) mass is 310 g/mol.